The van der Waals surface area contributed by atoms with E-state index in [2.05, 4.69) is 5.32 Å². The largest absolute Gasteiger partial charge is 0.477 e. The number of nitro groups is 1. The number of carbonyl (C=O) groups excluding carboxylic acids is 1. The average molecular weight is 390 g/mol. The van der Waals surface area contributed by atoms with E-state index in [0.29, 0.717) is 6.42 Å². The third-order valence-electron chi connectivity index (χ3n) is 4.49. The lowest BCUT2D eigenvalue weighted by Gasteiger charge is -2.20. The third-order valence-corrected chi connectivity index (χ3v) is 4.49. The fourth-order valence-electron chi connectivity index (χ4n) is 3.05. The second-order valence-electron chi connectivity index (χ2n) is 6.74. The van der Waals surface area contributed by atoms with Crippen molar-refractivity contribution in [3.8, 4) is 5.75 Å². The minimum atomic E-state index is -0.519. The van der Waals surface area contributed by atoms with Crippen LogP contribution in [0.4, 0.5) is 5.69 Å². The van der Waals surface area contributed by atoms with Gasteiger partial charge in [0.15, 0.2) is 12.4 Å². The molecular formula is C23H22N2O4. The van der Waals surface area contributed by atoms with E-state index in [1.54, 1.807) is 12.1 Å². The van der Waals surface area contributed by atoms with Crippen LogP contribution < -0.4 is 10.1 Å². The molecule has 0 fully saturated rings. The van der Waals surface area contributed by atoms with E-state index in [0.717, 1.165) is 16.7 Å². The first-order valence-corrected chi connectivity index (χ1v) is 9.29. The third kappa shape index (κ3) is 5.65. The standard InChI is InChI=1S/C23H22N2O4/c1-17-12-13-21(25(27)28)22(14-17)29-16-23(26)24-20(19-10-6-3-7-11-19)15-18-8-4-2-5-9-18/h2-14,20H,15-16H2,1H3,(H,24,26). The summed E-state index contributed by atoms with van der Waals surface area (Å²) < 4.78 is 5.47. The molecule has 29 heavy (non-hydrogen) atoms. The molecule has 1 amide bonds. The van der Waals surface area contributed by atoms with Crippen molar-refractivity contribution in [1.29, 1.82) is 0 Å². The Labute approximate surface area is 169 Å². The van der Waals surface area contributed by atoms with Gasteiger partial charge in [-0.3, -0.25) is 14.9 Å². The van der Waals surface area contributed by atoms with Crippen LogP contribution in [-0.4, -0.2) is 17.4 Å². The van der Waals surface area contributed by atoms with Gasteiger partial charge in [-0.2, -0.15) is 0 Å². The van der Waals surface area contributed by atoms with Crippen LogP contribution in [0.3, 0.4) is 0 Å². The molecule has 1 N–H and O–H groups in total. The Morgan fingerprint density at radius 1 is 1.03 bits per heavy atom. The molecule has 3 rings (SSSR count). The van der Waals surface area contributed by atoms with Crippen LogP contribution in [0.1, 0.15) is 22.7 Å². The quantitative estimate of drug-likeness (QED) is 0.457. The number of rotatable bonds is 8. The normalized spacial score (nSPS) is 11.5. The fraction of sp³-hybridized carbons (Fsp3) is 0.174. The Morgan fingerprint density at radius 3 is 2.34 bits per heavy atom. The maximum absolute atomic E-state index is 12.6. The second-order valence-corrected chi connectivity index (χ2v) is 6.74. The topological polar surface area (TPSA) is 81.5 Å². The van der Waals surface area contributed by atoms with Crippen LogP contribution in [0.15, 0.2) is 78.9 Å². The Balaban J connectivity index is 1.71. The van der Waals surface area contributed by atoms with Gasteiger partial charge < -0.3 is 10.1 Å². The lowest BCUT2D eigenvalue weighted by Crippen LogP contribution is -2.33. The lowest BCUT2D eigenvalue weighted by atomic mass is 9.99. The summed E-state index contributed by atoms with van der Waals surface area (Å²) >= 11 is 0. The van der Waals surface area contributed by atoms with Gasteiger partial charge in [-0.15, -0.1) is 0 Å². The zero-order valence-electron chi connectivity index (χ0n) is 16.1. The van der Waals surface area contributed by atoms with E-state index >= 15 is 0 Å². The Morgan fingerprint density at radius 2 is 1.69 bits per heavy atom. The molecule has 0 aliphatic heterocycles. The van der Waals surface area contributed by atoms with Crippen LogP contribution in [-0.2, 0) is 11.2 Å². The number of benzene rings is 3. The molecule has 6 heteroatoms. The number of hydrogen-bond acceptors (Lipinski definition) is 4. The second kappa shape index (κ2) is 9.50. The smallest absolute Gasteiger partial charge is 0.310 e. The van der Waals surface area contributed by atoms with Gasteiger partial charge in [0.05, 0.1) is 11.0 Å². The lowest BCUT2D eigenvalue weighted by molar-refractivity contribution is -0.385. The Kier molecular flexibility index (Phi) is 6.58. The van der Waals surface area contributed by atoms with Gasteiger partial charge in [-0.05, 0) is 36.1 Å². The highest BCUT2D eigenvalue weighted by molar-refractivity contribution is 5.78. The average Bonchev–Trinajstić information content (AvgIpc) is 2.73. The first kappa shape index (κ1) is 20.1. The maximum Gasteiger partial charge on any atom is 0.310 e. The summed E-state index contributed by atoms with van der Waals surface area (Å²) in [5, 5.41) is 14.2. The molecule has 6 nitrogen and oxygen atoms in total. The molecular weight excluding hydrogens is 368 g/mol. The molecule has 1 atom stereocenters. The van der Waals surface area contributed by atoms with Crippen LogP contribution in [0.5, 0.6) is 5.75 Å². The molecule has 0 spiro atoms. The van der Waals surface area contributed by atoms with Crippen molar-refractivity contribution in [3.63, 3.8) is 0 Å². The highest BCUT2D eigenvalue weighted by Crippen LogP contribution is 2.27. The number of nitro benzene ring substituents is 1. The molecule has 0 bridgehead atoms. The molecule has 0 aromatic heterocycles. The van der Waals surface area contributed by atoms with Crippen LogP contribution in [0.25, 0.3) is 0 Å². The van der Waals surface area contributed by atoms with Gasteiger partial charge in [0.1, 0.15) is 0 Å². The fourth-order valence-corrected chi connectivity index (χ4v) is 3.05. The molecule has 0 saturated heterocycles. The summed E-state index contributed by atoms with van der Waals surface area (Å²) in [4.78, 5) is 23.2. The van der Waals surface area contributed by atoms with Crippen molar-refractivity contribution >= 4 is 11.6 Å². The molecule has 0 saturated carbocycles. The molecule has 0 aliphatic carbocycles. The van der Waals surface area contributed by atoms with Gasteiger partial charge in [-0.25, -0.2) is 0 Å². The zero-order valence-corrected chi connectivity index (χ0v) is 16.1. The van der Waals surface area contributed by atoms with Gasteiger partial charge in [0, 0.05) is 6.07 Å². The summed E-state index contributed by atoms with van der Waals surface area (Å²) in [7, 11) is 0. The van der Waals surface area contributed by atoms with Gasteiger partial charge in [0.2, 0.25) is 0 Å². The maximum atomic E-state index is 12.6. The summed E-state index contributed by atoms with van der Waals surface area (Å²) in [5.41, 5.74) is 2.73. The monoisotopic (exact) mass is 390 g/mol. The molecule has 148 valence electrons. The highest BCUT2D eigenvalue weighted by Gasteiger charge is 2.19. The molecule has 3 aromatic rings. The number of nitrogens with zero attached hydrogens (tertiary/aromatic N) is 1. The number of carbonyl (C=O) groups is 1. The van der Waals surface area contributed by atoms with Crippen LogP contribution >= 0.6 is 0 Å². The Hall–Kier alpha value is -3.67. The number of hydrogen-bond donors (Lipinski definition) is 1. The van der Waals surface area contributed by atoms with Crippen molar-refractivity contribution in [3.05, 3.63) is 106 Å². The molecule has 1 unspecified atom stereocenters. The van der Waals surface area contributed by atoms with Crippen LogP contribution in [0, 0.1) is 17.0 Å². The summed E-state index contributed by atoms with van der Waals surface area (Å²) in [6.45, 7) is 1.50. The number of amides is 1. The van der Waals surface area contributed by atoms with Crippen molar-refractivity contribution in [2.24, 2.45) is 0 Å². The zero-order chi connectivity index (χ0) is 20.6. The molecule has 0 aliphatic rings. The molecule has 3 aromatic carbocycles. The number of aryl methyl sites for hydroxylation is 1. The minimum Gasteiger partial charge on any atom is -0.477 e. The van der Waals surface area contributed by atoms with E-state index in [1.165, 1.54) is 6.07 Å². The SMILES string of the molecule is Cc1ccc([N+](=O)[O-])c(OCC(=O)NC(Cc2ccccc2)c2ccccc2)c1. The predicted molar refractivity (Wildman–Crippen MR) is 111 cm³/mol. The van der Waals surface area contributed by atoms with Gasteiger partial charge >= 0.3 is 5.69 Å². The number of ether oxygens (including phenoxy) is 1. The van der Waals surface area contributed by atoms with E-state index < -0.39 is 4.92 Å². The summed E-state index contributed by atoms with van der Waals surface area (Å²) in [6.07, 6.45) is 0.626. The minimum absolute atomic E-state index is 0.0875. The Bertz CT molecular complexity index is 975. The van der Waals surface area contributed by atoms with E-state index in [1.807, 2.05) is 67.6 Å². The summed E-state index contributed by atoms with van der Waals surface area (Å²) in [5.74, 6) is -0.255. The highest BCUT2D eigenvalue weighted by atomic mass is 16.6. The predicted octanol–water partition coefficient (Wildman–Crippen LogP) is 4.38. The van der Waals surface area contributed by atoms with Gasteiger partial charge in [-0.1, -0.05) is 66.7 Å². The van der Waals surface area contributed by atoms with Crippen molar-refractivity contribution in [1.82, 2.24) is 5.32 Å². The van der Waals surface area contributed by atoms with Crippen LogP contribution in [0.2, 0.25) is 0 Å². The number of nitrogens with one attached hydrogen (secondary N) is 1. The van der Waals surface area contributed by atoms with Gasteiger partial charge in [0.25, 0.3) is 5.91 Å². The molecule has 0 radical (unpaired) electrons. The van der Waals surface area contributed by atoms with E-state index in [4.69, 9.17) is 4.74 Å². The summed E-state index contributed by atoms with van der Waals surface area (Å²) in [6, 6.07) is 23.9. The van der Waals surface area contributed by atoms with Crippen molar-refractivity contribution in [2.75, 3.05) is 6.61 Å². The van der Waals surface area contributed by atoms with Crippen molar-refractivity contribution in [2.45, 2.75) is 19.4 Å². The first-order chi connectivity index (χ1) is 14.0. The van der Waals surface area contributed by atoms with Crippen molar-refractivity contribution < 1.29 is 14.5 Å². The first-order valence-electron chi connectivity index (χ1n) is 9.29. The van der Waals surface area contributed by atoms with E-state index in [-0.39, 0.29) is 30.0 Å². The van der Waals surface area contributed by atoms with E-state index in [9.17, 15) is 14.9 Å². The molecule has 0 heterocycles.